The normalized spacial score (nSPS) is 12.7. The van der Waals surface area contributed by atoms with Crippen LogP contribution in [0.15, 0.2) is 154 Å². The van der Waals surface area contributed by atoms with Crippen molar-refractivity contribution in [1.82, 2.24) is 0 Å². The number of aryl methyl sites for hydroxylation is 4. The minimum atomic E-state index is 0.954. The number of furan rings is 2. The summed E-state index contributed by atoms with van der Waals surface area (Å²) in [6.07, 6.45) is 0. The van der Waals surface area contributed by atoms with Crippen molar-refractivity contribution in [2.24, 2.45) is 0 Å². The molecular weight excluding hydrogens is 729 g/mol. The molecule has 0 aliphatic heterocycles. The van der Waals surface area contributed by atoms with E-state index in [2.05, 4.69) is 173 Å². The van der Waals surface area contributed by atoms with E-state index in [9.17, 15) is 0 Å². The molecule has 60 heavy (non-hydrogen) atoms. The fourth-order valence-electron chi connectivity index (χ4n) is 11.4. The van der Waals surface area contributed by atoms with Gasteiger partial charge >= 0.3 is 0 Å². The molecule has 2 aromatic heterocycles. The van der Waals surface area contributed by atoms with Crippen molar-refractivity contribution in [3.05, 3.63) is 168 Å². The first-order chi connectivity index (χ1) is 29.4. The number of hydrogen-bond acceptors (Lipinski definition) is 2. The molecule has 2 heterocycles. The van der Waals surface area contributed by atoms with Crippen LogP contribution in [0.3, 0.4) is 0 Å². The van der Waals surface area contributed by atoms with Crippen LogP contribution in [0.2, 0.25) is 0 Å². The summed E-state index contributed by atoms with van der Waals surface area (Å²) in [5.74, 6) is 1.93. The summed E-state index contributed by atoms with van der Waals surface area (Å²) in [5, 5.41) is 15.0. The van der Waals surface area contributed by atoms with Gasteiger partial charge in [0.15, 0.2) is 0 Å². The maximum Gasteiger partial charge on any atom is 0.142 e. The standard InChI is InChI=1S/C58H36O2/c1-29-31(3)59-57-35(29)15-9-21-45(57)53-41-25-23-38-37(47(41)27-49-39-17-5-11-33-13-7-19-43(51(33)39)55(49)53)24-26-42-48(38)28-50-40-18-6-12-34-14-8-20-44(52(34)40)56(50)54(42)46-22-10-16-36-30(2)32(4)60-58(36)46/h5-28H,1-4H3. The summed E-state index contributed by atoms with van der Waals surface area (Å²) in [6.45, 7) is 8.51. The summed E-state index contributed by atoms with van der Waals surface area (Å²) in [4.78, 5) is 0. The molecule has 2 nitrogen and oxygen atoms in total. The van der Waals surface area contributed by atoms with Gasteiger partial charge in [-0.3, -0.25) is 0 Å². The quantitative estimate of drug-likeness (QED) is 0.164. The number of hydrogen-bond donors (Lipinski definition) is 0. The van der Waals surface area contributed by atoms with Gasteiger partial charge in [-0.1, -0.05) is 133 Å². The monoisotopic (exact) mass is 764 g/mol. The van der Waals surface area contributed by atoms with Crippen LogP contribution in [0.4, 0.5) is 0 Å². The summed E-state index contributed by atoms with van der Waals surface area (Å²) in [6, 6.07) is 54.9. The van der Waals surface area contributed by atoms with Gasteiger partial charge in [0.05, 0.1) is 0 Å². The van der Waals surface area contributed by atoms with Crippen LogP contribution in [0, 0.1) is 27.7 Å². The molecule has 0 spiro atoms. The zero-order valence-corrected chi connectivity index (χ0v) is 33.7. The van der Waals surface area contributed by atoms with Crippen molar-refractivity contribution in [2.45, 2.75) is 27.7 Å². The second-order valence-electron chi connectivity index (χ2n) is 17.1. The lowest BCUT2D eigenvalue weighted by Crippen LogP contribution is -1.93. The van der Waals surface area contributed by atoms with Crippen molar-refractivity contribution in [1.29, 1.82) is 0 Å². The number of rotatable bonds is 2. The topological polar surface area (TPSA) is 26.3 Å². The van der Waals surface area contributed by atoms with E-state index < -0.39 is 0 Å². The fraction of sp³-hybridized carbons (Fsp3) is 0.0690. The Morgan fingerprint density at radius 1 is 0.283 bits per heavy atom. The van der Waals surface area contributed by atoms with Crippen LogP contribution in [0.1, 0.15) is 22.6 Å². The molecule has 2 aliphatic rings. The van der Waals surface area contributed by atoms with E-state index in [0.717, 1.165) is 33.8 Å². The van der Waals surface area contributed by atoms with Gasteiger partial charge in [0.25, 0.3) is 0 Å². The highest BCUT2D eigenvalue weighted by Crippen LogP contribution is 2.58. The van der Waals surface area contributed by atoms with E-state index in [0.29, 0.717) is 0 Å². The van der Waals surface area contributed by atoms with Crippen molar-refractivity contribution in [3.8, 4) is 66.8 Å². The van der Waals surface area contributed by atoms with E-state index in [1.165, 1.54) is 131 Å². The van der Waals surface area contributed by atoms with E-state index in [1.54, 1.807) is 0 Å². The Morgan fingerprint density at radius 2 is 0.650 bits per heavy atom. The first-order valence-electron chi connectivity index (χ1n) is 21.0. The van der Waals surface area contributed by atoms with Gasteiger partial charge in [0.1, 0.15) is 22.7 Å². The molecule has 2 heteroatoms. The third kappa shape index (κ3) is 3.90. The van der Waals surface area contributed by atoms with E-state index in [-0.39, 0.29) is 0 Å². The molecule has 0 amide bonds. The van der Waals surface area contributed by atoms with Gasteiger partial charge in [0, 0.05) is 33.0 Å². The van der Waals surface area contributed by atoms with Crippen molar-refractivity contribution in [2.75, 3.05) is 0 Å². The number of para-hydroxylation sites is 2. The van der Waals surface area contributed by atoms with Crippen molar-refractivity contribution in [3.63, 3.8) is 0 Å². The van der Waals surface area contributed by atoms with Gasteiger partial charge in [-0.25, -0.2) is 0 Å². The summed E-state index contributed by atoms with van der Waals surface area (Å²) < 4.78 is 13.3. The first kappa shape index (κ1) is 32.5. The Labute approximate surface area is 345 Å². The van der Waals surface area contributed by atoms with Gasteiger partial charge < -0.3 is 8.83 Å². The molecule has 0 saturated heterocycles. The third-order valence-electron chi connectivity index (χ3n) is 14.3. The van der Waals surface area contributed by atoms with Gasteiger partial charge in [-0.2, -0.15) is 0 Å². The minimum Gasteiger partial charge on any atom is -0.460 e. The van der Waals surface area contributed by atoms with Crippen LogP contribution in [0.25, 0.3) is 143 Å². The van der Waals surface area contributed by atoms with E-state index >= 15 is 0 Å². The maximum atomic E-state index is 6.67. The molecule has 12 aromatic rings. The van der Waals surface area contributed by atoms with Crippen molar-refractivity contribution >= 4 is 75.8 Å². The lowest BCUT2D eigenvalue weighted by Gasteiger charge is -2.19. The lowest BCUT2D eigenvalue weighted by molar-refractivity contribution is 0.575. The molecule has 10 aromatic carbocycles. The fourth-order valence-corrected chi connectivity index (χ4v) is 11.4. The Kier molecular flexibility index (Phi) is 6.07. The molecule has 0 saturated carbocycles. The summed E-state index contributed by atoms with van der Waals surface area (Å²) >= 11 is 0. The Balaban J connectivity index is 1.15. The molecule has 0 N–H and O–H groups in total. The number of fused-ring (bicyclic) bond motifs is 13. The molecule has 14 rings (SSSR count). The van der Waals surface area contributed by atoms with Gasteiger partial charge in [-0.15, -0.1) is 0 Å². The molecule has 0 radical (unpaired) electrons. The van der Waals surface area contributed by atoms with Crippen LogP contribution in [-0.2, 0) is 0 Å². The predicted molar refractivity (Wildman–Crippen MR) is 252 cm³/mol. The Hall–Kier alpha value is -7.42. The third-order valence-corrected chi connectivity index (χ3v) is 14.3. The number of benzene rings is 10. The Bertz CT molecular complexity index is 3710. The van der Waals surface area contributed by atoms with Crippen LogP contribution < -0.4 is 0 Å². The zero-order chi connectivity index (χ0) is 39.7. The molecule has 0 fully saturated rings. The second kappa shape index (κ2) is 11.2. The molecular formula is C58H36O2. The highest BCUT2D eigenvalue weighted by Gasteiger charge is 2.31. The maximum absolute atomic E-state index is 6.67. The van der Waals surface area contributed by atoms with E-state index in [4.69, 9.17) is 8.83 Å². The van der Waals surface area contributed by atoms with Crippen LogP contribution >= 0.6 is 0 Å². The van der Waals surface area contributed by atoms with E-state index in [1.807, 2.05) is 0 Å². The van der Waals surface area contributed by atoms with Crippen molar-refractivity contribution < 1.29 is 8.83 Å². The largest absolute Gasteiger partial charge is 0.460 e. The second-order valence-corrected chi connectivity index (χ2v) is 17.1. The summed E-state index contributed by atoms with van der Waals surface area (Å²) in [7, 11) is 0. The molecule has 0 unspecified atom stereocenters. The average molecular weight is 765 g/mol. The first-order valence-corrected chi connectivity index (χ1v) is 21.0. The Morgan fingerprint density at radius 3 is 1.08 bits per heavy atom. The molecule has 2 aliphatic carbocycles. The lowest BCUT2D eigenvalue weighted by atomic mass is 9.83. The molecule has 280 valence electrons. The molecule has 0 bridgehead atoms. The zero-order valence-electron chi connectivity index (χ0n) is 33.7. The smallest absolute Gasteiger partial charge is 0.142 e. The molecule has 0 atom stereocenters. The van der Waals surface area contributed by atoms with Crippen LogP contribution in [-0.4, -0.2) is 0 Å². The minimum absolute atomic E-state index is 0.954. The van der Waals surface area contributed by atoms with Crippen LogP contribution in [0.5, 0.6) is 0 Å². The SMILES string of the molecule is Cc1oc2c(-c3c4c(cc5c3ccc3c6cc7c(c(-c8cccc9c(C)c(C)oc89)c6ccc53)-c3cccc5cccc-7c35)-c3cccc5cccc-4c35)cccc2c1C. The average Bonchev–Trinajstić information content (AvgIpc) is 3.97. The van der Waals surface area contributed by atoms with Gasteiger partial charge in [-0.05, 0) is 149 Å². The summed E-state index contributed by atoms with van der Waals surface area (Å²) in [5.41, 5.74) is 19.3. The van der Waals surface area contributed by atoms with Gasteiger partial charge in [0.2, 0.25) is 0 Å². The highest BCUT2D eigenvalue weighted by atomic mass is 16.3. The predicted octanol–water partition coefficient (Wildman–Crippen LogP) is 16.8. The highest BCUT2D eigenvalue weighted by molar-refractivity contribution is 6.31.